The van der Waals surface area contributed by atoms with Crippen LogP contribution in [0.25, 0.3) is 16.7 Å². The summed E-state index contributed by atoms with van der Waals surface area (Å²) in [6, 6.07) is 11.3. The minimum absolute atomic E-state index is 0.0396. The van der Waals surface area contributed by atoms with E-state index in [0.717, 1.165) is 5.69 Å². The van der Waals surface area contributed by atoms with Crippen LogP contribution in [0.5, 0.6) is 0 Å². The molecule has 0 bridgehead atoms. The standard InChI is InChI=1S/C14H12N4O/c1-9(19)10-7-12-13(16-8-10)14(15)18(17-12)11-5-3-2-4-6-11/h2-8H,15H2,1H3. The van der Waals surface area contributed by atoms with Crippen LogP contribution in [-0.4, -0.2) is 20.5 Å². The van der Waals surface area contributed by atoms with E-state index >= 15 is 0 Å². The number of ketones is 1. The van der Waals surface area contributed by atoms with Gasteiger partial charge in [0.2, 0.25) is 0 Å². The van der Waals surface area contributed by atoms with Gasteiger partial charge in [-0.15, -0.1) is 0 Å². The van der Waals surface area contributed by atoms with E-state index in [9.17, 15) is 4.79 Å². The van der Waals surface area contributed by atoms with E-state index in [0.29, 0.717) is 22.4 Å². The molecule has 0 aliphatic rings. The smallest absolute Gasteiger partial charge is 0.161 e. The number of hydrogen-bond acceptors (Lipinski definition) is 4. The van der Waals surface area contributed by atoms with Gasteiger partial charge in [-0.25, -0.2) is 9.67 Å². The number of pyridine rings is 1. The van der Waals surface area contributed by atoms with Gasteiger partial charge >= 0.3 is 0 Å². The molecular formula is C14H12N4O. The summed E-state index contributed by atoms with van der Waals surface area (Å²) in [6.07, 6.45) is 1.53. The average molecular weight is 252 g/mol. The lowest BCUT2D eigenvalue weighted by Crippen LogP contribution is -2.01. The van der Waals surface area contributed by atoms with Crippen molar-refractivity contribution in [3.63, 3.8) is 0 Å². The maximum Gasteiger partial charge on any atom is 0.161 e. The number of nitrogen functional groups attached to an aromatic ring is 1. The number of benzene rings is 1. The molecule has 2 heterocycles. The van der Waals surface area contributed by atoms with E-state index in [-0.39, 0.29) is 5.78 Å². The summed E-state index contributed by atoms with van der Waals surface area (Å²) in [4.78, 5) is 15.6. The van der Waals surface area contributed by atoms with Crippen molar-refractivity contribution in [2.45, 2.75) is 6.92 Å². The molecule has 3 rings (SSSR count). The fourth-order valence-corrected chi connectivity index (χ4v) is 1.95. The summed E-state index contributed by atoms with van der Waals surface area (Å²) >= 11 is 0. The minimum atomic E-state index is -0.0396. The van der Waals surface area contributed by atoms with Gasteiger partial charge in [0.15, 0.2) is 11.6 Å². The molecule has 0 radical (unpaired) electrons. The SMILES string of the molecule is CC(=O)c1cnc2c(N)n(-c3ccccc3)nc2c1. The summed E-state index contributed by atoms with van der Waals surface area (Å²) in [5.41, 5.74) is 8.67. The molecule has 1 aromatic carbocycles. The van der Waals surface area contributed by atoms with Crippen LogP contribution in [0.15, 0.2) is 42.6 Å². The molecule has 0 saturated heterocycles. The van der Waals surface area contributed by atoms with Crippen LogP contribution in [0.2, 0.25) is 0 Å². The molecule has 5 nitrogen and oxygen atoms in total. The first-order chi connectivity index (χ1) is 9.16. The lowest BCUT2D eigenvalue weighted by molar-refractivity contribution is 0.101. The summed E-state index contributed by atoms with van der Waals surface area (Å²) in [7, 11) is 0. The number of rotatable bonds is 2. The molecule has 0 atom stereocenters. The number of aromatic nitrogens is 3. The van der Waals surface area contributed by atoms with Crippen molar-refractivity contribution in [2.24, 2.45) is 0 Å². The number of Topliss-reactive ketones (excluding diaryl/α,β-unsaturated/α-hetero) is 1. The number of para-hydroxylation sites is 1. The van der Waals surface area contributed by atoms with E-state index in [1.807, 2.05) is 30.3 Å². The summed E-state index contributed by atoms with van der Waals surface area (Å²) in [5, 5.41) is 4.40. The highest BCUT2D eigenvalue weighted by Gasteiger charge is 2.12. The molecule has 0 unspecified atom stereocenters. The second-order valence-corrected chi connectivity index (χ2v) is 4.28. The topological polar surface area (TPSA) is 73.8 Å². The second kappa shape index (κ2) is 4.20. The molecule has 0 aliphatic carbocycles. The molecular weight excluding hydrogens is 240 g/mol. The molecule has 2 N–H and O–H groups in total. The van der Waals surface area contributed by atoms with Crippen LogP contribution in [0.4, 0.5) is 5.82 Å². The molecule has 3 aromatic rings. The quantitative estimate of drug-likeness (QED) is 0.709. The van der Waals surface area contributed by atoms with E-state index < -0.39 is 0 Å². The summed E-state index contributed by atoms with van der Waals surface area (Å²) < 4.78 is 1.63. The summed E-state index contributed by atoms with van der Waals surface area (Å²) in [6.45, 7) is 1.50. The maximum absolute atomic E-state index is 11.3. The molecule has 0 amide bonds. The van der Waals surface area contributed by atoms with Gasteiger partial charge in [-0.05, 0) is 25.1 Å². The van der Waals surface area contributed by atoms with Crippen molar-refractivity contribution < 1.29 is 4.79 Å². The highest BCUT2D eigenvalue weighted by Crippen LogP contribution is 2.22. The molecule has 2 aromatic heterocycles. The van der Waals surface area contributed by atoms with Crippen molar-refractivity contribution in [1.29, 1.82) is 0 Å². The van der Waals surface area contributed by atoms with Crippen LogP contribution in [0, 0.1) is 0 Å². The van der Waals surface area contributed by atoms with Crippen LogP contribution < -0.4 is 5.73 Å². The normalized spacial score (nSPS) is 10.8. The Morgan fingerprint density at radius 2 is 2.00 bits per heavy atom. The Balaban J connectivity index is 2.23. The van der Waals surface area contributed by atoms with Crippen molar-refractivity contribution >= 4 is 22.6 Å². The maximum atomic E-state index is 11.3. The number of carbonyl (C=O) groups is 1. The van der Waals surface area contributed by atoms with Crippen LogP contribution >= 0.6 is 0 Å². The Morgan fingerprint density at radius 3 is 2.68 bits per heavy atom. The van der Waals surface area contributed by atoms with Gasteiger partial charge in [0.1, 0.15) is 11.0 Å². The number of carbonyl (C=O) groups excluding carboxylic acids is 1. The molecule has 0 saturated carbocycles. The average Bonchev–Trinajstić information content (AvgIpc) is 2.76. The van der Waals surface area contributed by atoms with Gasteiger partial charge in [-0.2, -0.15) is 5.10 Å². The summed E-state index contributed by atoms with van der Waals surface area (Å²) in [5.74, 6) is 0.429. The number of fused-ring (bicyclic) bond motifs is 1. The van der Waals surface area contributed by atoms with Gasteiger partial charge in [0.25, 0.3) is 0 Å². The number of nitrogens with two attached hydrogens (primary N) is 1. The lowest BCUT2D eigenvalue weighted by atomic mass is 10.2. The van der Waals surface area contributed by atoms with Crippen molar-refractivity contribution in [3.05, 3.63) is 48.2 Å². The van der Waals surface area contributed by atoms with Crippen LogP contribution in [0.3, 0.4) is 0 Å². The van der Waals surface area contributed by atoms with Crippen molar-refractivity contribution in [1.82, 2.24) is 14.8 Å². The van der Waals surface area contributed by atoms with Crippen molar-refractivity contribution in [2.75, 3.05) is 5.73 Å². The first-order valence-corrected chi connectivity index (χ1v) is 5.87. The predicted octanol–water partition coefficient (Wildman–Crippen LogP) is 2.21. The third kappa shape index (κ3) is 1.85. The van der Waals surface area contributed by atoms with Crippen LogP contribution in [0.1, 0.15) is 17.3 Å². The Kier molecular flexibility index (Phi) is 2.52. The first-order valence-electron chi connectivity index (χ1n) is 5.87. The number of hydrogen-bond donors (Lipinski definition) is 1. The lowest BCUT2D eigenvalue weighted by Gasteiger charge is -2.01. The fourth-order valence-electron chi connectivity index (χ4n) is 1.95. The largest absolute Gasteiger partial charge is 0.382 e. The predicted molar refractivity (Wildman–Crippen MR) is 73.3 cm³/mol. The highest BCUT2D eigenvalue weighted by molar-refractivity contribution is 5.98. The number of anilines is 1. The molecule has 0 fully saturated rings. The Morgan fingerprint density at radius 1 is 1.26 bits per heavy atom. The highest BCUT2D eigenvalue weighted by atomic mass is 16.1. The number of nitrogens with zero attached hydrogens (tertiary/aromatic N) is 3. The zero-order chi connectivity index (χ0) is 13.4. The Bertz CT molecular complexity index is 762. The van der Waals surface area contributed by atoms with E-state index in [4.69, 9.17) is 5.73 Å². The Labute approximate surface area is 109 Å². The zero-order valence-electron chi connectivity index (χ0n) is 10.4. The molecule has 5 heteroatoms. The molecule has 19 heavy (non-hydrogen) atoms. The molecule has 94 valence electrons. The van der Waals surface area contributed by atoms with Crippen LogP contribution in [-0.2, 0) is 0 Å². The minimum Gasteiger partial charge on any atom is -0.382 e. The molecule has 0 aliphatic heterocycles. The van der Waals surface area contributed by atoms with E-state index in [2.05, 4.69) is 10.1 Å². The fraction of sp³-hybridized carbons (Fsp3) is 0.0714. The monoisotopic (exact) mass is 252 g/mol. The van der Waals surface area contributed by atoms with Gasteiger partial charge in [-0.3, -0.25) is 4.79 Å². The van der Waals surface area contributed by atoms with Gasteiger partial charge < -0.3 is 5.73 Å². The zero-order valence-corrected chi connectivity index (χ0v) is 10.4. The van der Waals surface area contributed by atoms with Gasteiger partial charge in [0, 0.05) is 11.8 Å². The third-order valence-electron chi connectivity index (χ3n) is 2.95. The Hall–Kier alpha value is -2.69. The van der Waals surface area contributed by atoms with Crippen molar-refractivity contribution in [3.8, 4) is 5.69 Å². The van der Waals surface area contributed by atoms with E-state index in [1.165, 1.54) is 13.1 Å². The first kappa shape index (κ1) is 11.4. The van der Waals surface area contributed by atoms with Gasteiger partial charge in [-0.1, -0.05) is 18.2 Å². The van der Waals surface area contributed by atoms with Gasteiger partial charge in [0.05, 0.1) is 5.69 Å². The van der Waals surface area contributed by atoms with E-state index in [1.54, 1.807) is 10.7 Å². The molecule has 0 spiro atoms. The third-order valence-corrected chi connectivity index (χ3v) is 2.95. The second-order valence-electron chi connectivity index (χ2n) is 4.28.